The Bertz CT molecular complexity index is 1020. The van der Waals surface area contributed by atoms with Crippen molar-refractivity contribution < 1.29 is 0 Å². The van der Waals surface area contributed by atoms with Gasteiger partial charge in [-0.3, -0.25) is 0 Å². The highest BCUT2D eigenvalue weighted by Crippen LogP contribution is 2.24. The van der Waals surface area contributed by atoms with Gasteiger partial charge in [0.25, 0.3) is 0 Å². The molecular formula is C19H16N4. The van der Waals surface area contributed by atoms with Gasteiger partial charge in [-0.15, -0.1) is 0 Å². The third kappa shape index (κ3) is 2.44. The molecule has 4 rings (SSSR count). The fourth-order valence-electron chi connectivity index (χ4n) is 2.92. The summed E-state index contributed by atoms with van der Waals surface area (Å²) in [6, 6.07) is 20.1. The number of hydrogen-bond acceptors (Lipinski definition) is 4. The third-order valence-electron chi connectivity index (χ3n) is 4.03. The summed E-state index contributed by atoms with van der Waals surface area (Å²) in [5.74, 6) is 1.20. The van der Waals surface area contributed by atoms with Crippen molar-refractivity contribution in [2.24, 2.45) is 0 Å². The molecule has 3 aromatic carbocycles. The molecule has 4 heteroatoms. The van der Waals surface area contributed by atoms with E-state index in [0.29, 0.717) is 23.8 Å². The van der Waals surface area contributed by atoms with Crippen LogP contribution in [-0.4, -0.2) is 9.97 Å². The molecule has 0 spiro atoms. The second kappa shape index (κ2) is 5.25. The first kappa shape index (κ1) is 13.5. The van der Waals surface area contributed by atoms with Crippen LogP contribution in [0.5, 0.6) is 0 Å². The van der Waals surface area contributed by atoms with Crippen molar-refractivity contribution >= 4 is 33.2 Å². The maximum absolute atomic E-state index is 6.08. The summed E-state index contributed by atoms with van der Waals surface area (Å²) in [7, 11) is 0. The molecule has 0 saturated heterocycles. The van der Waals surface area contributed by atoms with E-state index >= 15 is 0 Å². The van der Waals surface area contributed by atoms with Crippen molar-refractivity contribution in [1.29, 1.82) is 0 Å². The summed E-state index contributed by atoms with van der Waals surface area (Å²) in [4.78, 5) is 9.09. The van der Waals surface area contributed by atoms with Gasteiger partial charge in [-0.1, -0.05) is 42.5 Å². The fourth-order valence-corrected chi connectivity index (χ4v) is 2.92. The minimum atomic E-state index is 0.491. The van der Waals surface area contributed by atoms with Gasteiger partial charge in [-0.2, -0.15) is 0 Å². The largest absolute Gasteiger partial charge is 0.399 e. The summed E-state index contributed by atoms with van der Waals surface area (Å²) in [6.45, 7) is 0. The first-order valence-electron chi connectivity index (χ1n) is 7.49. The number of nitrogen functional groups attached to an aromatic ring is 2. The van der Waals surface area contributed by atoms with E-state index in [9.17, 15) is 0 Å². The number of anilines is 2. The molecule has 23 heavy (non-hydrogen) atoms. The van der Waals surface area contributed by atoms with E-state index < -0.39 is 0 Å². The van der Waals surface area contributed by atoms with E-state index in [1.807, 2.05) is 30.3 Å². The maximum Gasteiger partial charge on any atom is 0.135 e. The normalized spacial score (nSPS) is 11.1. The molecule has 0 bridgehead atoms. The van der Waals surface area contributed by atoms with Crippen molar-refractivity contribution in [2.75, 3.05) is 11.5 Å². The average Bonchev–Trinajstić information content (AvgIpc) is 2.55. The predicted octanol–water partition coefficient (Wildman–Crippen LogP) is 3.54. The quantitative estimate of drug-likeness (QED) is 0.555. The monoisotopic (exact) mass is 300 g/mol. The number of benzene rings is 3. The van der Waals surface area contributed by atoms with Gasteiger partial charge in [0.1, 0.15) is 11.6 Å². The molecule has 4 nitrogen and oxygen atoms in total. The van der Waals surface area contributed by atoms with Crippen LogP contribution in [0.2, 0.25) is 0 Å². The van der Waals surface area contributed by atoms with E-state index in [2.05, 4.69) is 40.3 Å². The standard InChI is InChI=1S/C19H16N4/c20-14-8-9-16-17(11-14)22-18(23-19(16)21)10-13-6-3-5-12-4-1-2-7-15(12)13/h1-9,11H,10,20H2,(H2,21,22,23). The molecule has 0 atom stereocenters. The highest BCUT2D eigenvalue weighted by Gasteiger charge is 2.08. The predicted molar refractivity (Wildman–Crippen MR) is 95.1 cm³/mol. The lowest BCUT2D eigenvalue weighted by Gasteiger charge is -2.08. The molecule has 0 amide bonds. The molecule has 0 radical (unpaired) electrons. The number of nitrogens with two attached hydrogens (primary N) is 2. The Morgan fingerprint density at radius 2 is 1.61 bits per heavy atom. The molecular weight excluding hydrogens is 284 g/mol. The molecule has 0 saturated carbocycles. The maximum atomic E-state index is 6.08. The van der Waals surface area contributed by atoms with Gasteiger partial charge in [0.05, 0.1) is 5.52 Å². The van der Waals surface area contributed by atoms with Crippen LogP contribution in [0, 0.1) is 0 Å². The van der Waals surface area contributed by atoms with Crippen LogP contribution >= 0.6 is 0 Å². The van der Waals surface area contributed by atoms with Gasteiger partial charge < -0.3 is 11.5 Å². The molecule has 4 aromatic rings. The lowest BCUT2D eigenvalue weighted by Crippen LogP contribution is -2.02. The van der Waals surface area contributed by atoms with Gasteiger partial charge in [0, 0.05) is 17.5 Å². The van der Waals surface area contributed by atoms with Crippen LogP contribution in [0.4, 0.5) is 11.5 Å². The smallest absolute Gasteiger partial charge is 0.135 e. The van der Waals surface area contributed by atoms with Crippen molar-refractivity contribution in [2.45, 2.75) is 6.42 Å². The van der Waals surface area contributed by atoms with Gasteiger partial charge in [-0.25, -0.2) is 9.97 Å². The molecule has 0 aliphatic carbocycles. The van der Waals surface area contributed by atoms with Gasteiger partial charge in [-0.05, 0) is 34.5 Å². The van der Waals surface area contributed by atoms with Crippen LogP contribution in [-0.2, 0) is 6.42 Å². The van der Waals surface area contributed by atoms with Crippen molar-refractivity contribution in [3.8, 4) is 0 Å². The Morgan fingerprint density at radius 3 is 2.52 bits per heavy atom. The molecule has 0 unspecified atom stereocenters. The highest BCUT2D eigenvalue weighted by molar-refractivity contribution is 5.90. The van der Waals surface area contributed by atoms with E-state index in [-0.39, 0.29) is 0 Å². The zero-order valence-corrected chi connectivity index (χ0v) is 12.5. The molecule has 0 fully saturated rings. The molecule has 4 N–H and O–H groups in total. The first-order valence-corrected chi connectivity index (χ1v) is 7.49. The third-order valence-corrected chi connectivity index (χ3v) is 4.03. The second-order valence-corrected chi connectivity index (χ2v) is 5.62. The summed E-state index contributed by atoms with van der Waals surface area (Å²) in [5.41, 5.74) is 14.6. The summed E-state index contributed by atoms with van der Waals surface area (Å²) in [6.07, 6.45) is 0.635. The molecule has 1 heterocycles. The minimum absolute atomic E-state index is 0.491. The Morgan fingerprint density at radius 1 is 0.783 bits per heavy atom. The fraction of sp³-hybridized carbons (Fsp3) is 0.0526. The van der Waals surface area contributed by atoms with Crippen molar-refractivity contribution in [3.63, 3.8) is 0 Å². The molecule has 1 aromatic heterocycles. The topological polar surface area (TPSA) is 77.8 Å². The van der Waals surface area contributed by atoms with E-state index in [1.54, 1.807) is 0 Å². The Kier molecular flexibility index (Phi) is 3.08. The van der Waals surface area contributed by atoms with Gasteiger partial charge in [0.2, 0.25) is 0 Å². The van der Waals surface area contributed by atoms with Gasteiger partial charge >= 0.3 is 0 Å². The minimum Gasteiger partial charge on any atom is -0.399 e. The number of hydrogen-bond donors (Lipinski definition) is 2. The van der Waals surface area contributed by atoms with Crippen LogP contribution in [0.1, 0.15) is 11.4 Å². The van der Waals surface area contributed by atoms with Crippen LogP contribution in [0.3, 0.4) is 0 Å². The second-order valence-electron chi connectivity index (χ2n) is 5.62. The SMILES string of the molecule is Nc1ccc2c(N)nc(Cc3cccc4ccccc34)nc2c1. The Balaban J connectivity index is 1.83. The first-order chi connectivity index (χ1) is 11.2. The summed E-state index contributed by atoms with van der Waals surface area (Å²) in [5, 5.41) is 3.26. The van der Waals surface area contributed by atoms with Crippen LogP contribution in [0.25, 0.3) is 21.7 Å². The molecule has 0 aliphatic heterocycles. The number of aromatic nitrogens is 2. The lowest BCUT2D eigenvalue weighted by atomic mass is 10.0. The number of nitrogens with zero attached hydrogens (tertiary/aromatic N) is 2. The highest BCUT2D eigenvalue weighted by atomic mass is 14.9. The average molecular weight is 300 g/mol. The Labute approximate surface area is 133 Å². The zero-order chi connectivity index (χ0) is 15.8. The lowest BCUT2D eigenvalue weighted by molar-refractivity contribution is 1.00. The summed E-state index contributed by atoms with van der Waals surface area (Å²) >= 11 is 0. The number of fused-ring (bicyclic) bond motifs is 2. The molecule has 0 aliphatic rings. The molecule has 112 valence electrons. The van der Waals surface area contributed by atoms with Crippen LogP contribution in [0.15, 0.2) is 60.7 Å². The van der Waals surface area contributed by atoms with E-state index in [4.69, 9.17) is 11.5 Å². The Hall–Kier alpha value is -3.14. The summed E-state index contributed by atoms with van der Waals surface area (Å²) < 4.78 is 0. The number of rotatable bonds is 2. The van der Waals surface area contributed by atoms with E-state index in [1.165, 1.54) is 16.3 Å². The van der Waals surface area contributed by atoms with E-state index in [0.717, 1.165) is 10.9 Å². The van der Waals surface area contributed by atoms with Gasteiger partial charge in [0.15, 0.2) is 0 Å². The van der Waals surface area contributed by atoms with Crippen LogP contribution < -0.4 is 11.5 Å². The zero-order valence-electron chi connectivity index (χ0n) is 12.5. The van der Waals surface area contributed by atoms with Crippen molar-refractivity contribution in [3.05, 3.63) is 72.1 Å². The van der Waals surface area contributed by atoms with Crippen molar-refractivity contribution in [1.82, 2.24) is 9.97 Å².